The van der Waals surface area contributed by atoms with Crippen LogP contribution in [0.5, 0.6) is 0 Å². The summed E-state index contributed by atoms with van der Waals surface area (Å²) in [5.41, 5.74) is 2.28. The van der Waals surface area contributed by atoms with Crippen LogP contribution in [0, 0.1) is 5.41 Å². The largest absolute Gasteiger partial charge is 0.381 e. The molecule has 0 unspecified atom stereocenters. The van der Waals surface area contributed by atoms with Crippen LogP contribution in [-0.2, 0) is 4.79 Å². The lowest BCUT2D eigenvalue weighted by atomic mass is 9.76. The molecular weight excluding hydrogens is 162 g/mol. The van der Waals surface area contributed by atoms with Crippen LogP contribution in [0.15, 0.2) is 11.3 Å². The maximum Gasteiger partial charge on any atom is 0.160 e. The fourth-order valence-electron chi connectivity index (χ4n) is 1.87. The van der Waals surface area contributed by atoms with Crippen molar-refractivity contribution in [1.29, 1.82) is 0 Å². The number of allylic oxidation sites excluding steroid dienone is 2. The van der Waals surface area contributed by atoms with Crippen LogP contribution in [0.2, 0.25) is 0 Å². The van der Waals surface area contributed by atoms with Gasteiger partial charge in [0.1, 0.15) is 0 Å². The quantitative estimate of drug-likeness (QED) is 0.618. The zero-order chi connectivity index (χ0) is 10.2. The van der Waals surface area contributed by atoms with Crippen molar-refractivity contribution in [1.82, 2.24) is 4.90 Å². The molecule has 0 radical (unpaired) electrons. The molecule has 0 aromatic rings. The van der Waals surface area contributed by atoms with E-state index in [0.717, 1.165) is 12.0 Å². The van der Waals surface area contributed by atoms with Crippen LogP contribution in [0.25, 0.3) is 0 Å². The molecule has 0 bridgehead atoms. The van der Waals surface area contributed by atoms with Crippen LogP contribution in [0.1, 0.15) is 33.6 Å². The predicted octanol–water partition coefficient (Wildman–Crippen LogP) is 2.21. The molecule has 1 aliphatic rings. The number of rotatable bonds is 1. The molecule has 0 aromatic heterocycles. The molecule has 1 rings (SSSR count). The molecule has 2 heteroatoms. The van der Waals surface area contributed by atoms with Gasteiger partial charge in [-0.2, -0.15) is 0 Å². The van der Waals surface area contributed by atoms with E-state index in [0.29, 0.717) is 12.2 Å². The minimum Gasteiger partial charge on any atom is -0.381 e. The van der Waals surface area contributed by atoms with Crippen molar-refractivity contribution >= 4 is 5.78 Å². The Kier molecular flexibility index (Phi) is 2.51. The van der Waals surface area contributed by atoms with Gasteiger partial charge >= 0.3 is 0 Å². The van der Waals surface area contributed by atoms with Crippen molar-refractivity contribution in [2.45, 2.75) is 33.6 Å². The van der Waals surface area contributed by atoms with Crippen molar-refractivity contribution in [3.63, 3.8) is 0 Å². The van der Waals surface area contributed by atoms with Crippen LogP contribution in [0.4, 0.5) is 0 Å². The number of hydrogen-bond donors (Lipinski definition) is 0. The van der Waals surface area contributed by atoms with Crippen molar-refractivity contribution < 1.29 is 4.79 Å². The summed E-state index contributed by atoms with van der Waals surface area (Å²) < 4.78 is 0. The van der Waals surface area contributed by atoms with Gasteiger partial charge in [0.05, 0.1) is 0 Å². The molecule has 0 atom stereocenters. The third kappa shape index (κ3) is 2.11. The second kappa shape index (κ2) is 3.17. The Balaban J connectivity index is 3.03. The van der Waals surface area contributed by atoms with Gasteiger partial charge in [-0.1, -0.05) is 13.8 Å². The molecule has 0 heterocycles. The van der Waals surface area contributed by atoms with Gasteiger partial charge in [-0.3, -0.25) is 4.79 Å². The highest BCUT2D eigenvalue weighted by Gasteiger charge is 2.31. The van der Waals surface area contributed by atoms with Crippen molar-refractivity contribution in [3.8, 4) is 0 Å². The van der Waals surface area contributed by atoms with Crippen molar-refractivity contribution in [2.24, 2.45) is 5.41 Å². The highest BCUT2D eigenvalue weighted by molar-refractivity contribution is 5.96. The van der Waals surface area contributed by atoms with E-state index in [1.807, 2.05) is 21.0 Å². The molecule has 2 nitrogen and oxygen atoms in total. The second-order valence-electron chi connectivity index (χ2n) is 4.91. The zero-order valence-corrected chi connectivity index (χ0v) is 9.27. The van der Waals surface area contributed by atoms with Gasteiger partial charge in [-0.05, 0) is 18.8 Å². The van der Waals surface area contributed by atoms with E-state index in [4.69, 9.17) is 0 Å². The number of carbonyl (C=O) groups is 1. The van der Waals surface area contributed by atoms with Gasteiger partial charge in [-0.15, -0.1) is 0 Å². The third-order valence-corrected chi connectivity index (χ3v) is 2.68. The molecule has 0 amide bonds. The summed E-state index contributed by atoms with van der Waals surface area (Å²) >= 11 is 0. The van der Waals surface area contributed by atoms with Crippen LogP contribution in [0.3, 0.4) is 0 Å². The van der Waals surface area contributed by atoms with Crippen molar-refractivity contribution in [3.05, 3.63) is 11.3 Å². The van der Waals surface area contributed by atoms with Crippen LogP contribution in [-0.4, -0.2) is 24.8 Å². The van der Waals surface area contributed by atoms with Gasteiger partial charge < -0.3 is 4.90 Å². The Morgan fingerprint density at radius 2 is 1.77 bits per heavy atom. The van der Waals surface area contributed by atoms with E-state index in [2.05, 4.69) is 18.7 Å². The summed E-state index contributed by atoms with van der Waals surface area (Å²) in [5.74, 6) is 0.306. The molecule has 0 saturated carbocycles. The number of carbonyl (C=O) groups excluding carboxylic acids is 1. The summed E-state index contributed by atoms with van der Waals surface area (Å²) in [7, 11) is 4.01. The van der Waals surface area contributed by atoms with Crippen molar-refractivity contribution in [2.75, 3.05) is 14.1 Å². The maximum absolute atomic E-state index is 11.6. The standard InChI is InChI=1S/C11H19NO/c1-8-9(12(4)5)6-11(2,3)7-10(8)13/h6-7H2,1-5H3. The van der Waals surface area contributed by atoms with Crippen LogP contribution < -0.4 is 0 Å². The van der Waals surface area contributed by atoms with Gasteiger partial charge in [-0.25, -0.2) is 0 Å². The minimum absolute atomic E-state index is 0.135. The predicted molar refractivity (Wildman–Crippen MR) is 54.4 cm³/mol. The first-order valence-corrected chi connectivity index (χ1v) is 4.74. The number of nitrogens with zero attached hydrogens (tertiary/aromatic N) is 1. The van der Waals surface area contributed by atoms with E-state index in [1.165, 1.54) is 5.70 Å². The first-order chi connectivity index (χ1) is 5.83. The molecule has 1 aliphatic carbocycles. The SMILES string of the molecule is CC1=C(N(C)C)CC(C)(C)CC1=O. The number of Topliss-reactive ketones (excluding diaryl/α,β-unsaturated/α-hetero) is 1. The molecule has 0 aromatic carbocycles. The Labute approximate surface area is 80.6 Å². The lowest BCUT2D eigenvalue weighted by molar-refractivity contribution is -0.118. The molecule has 0 aliphatic heterocycles. The smallest absolute Gasteiger partial charge is 0.160 e. The molecule has 13 heavy (non-hydrogen) atoms. The van der Waals surface area contributed by atoms with Gasteiger partial charge in [0.25, 0.3) is 0 Å². The molecule has 0 fully saturated rings. The van der Waals surface area contributed by atoms with E-state index in [-0.39, 0.29) is 5.41 Å². The number of hydrogen-bond acceptors (Lipinski definition) is 2. The average Bonchev–Trinajstić information content (AvgIpc) is 1.95. The van der Waals surface area contributed by atoms with Crippen LogP contribution >= 0.6 is 0 Å². The molecular formula is C11H19NO. The summed E-state index contributed by atoms with van der Waals surface area (Å²) in [4.78, 5) is 13.7. The lowest BCUT2D eigenvalue weighted by Crippen LogP contribution is -2.30. The Morgan fingerprint density at radius 3 is 2.23 bits per heavy atom. The summed E-state index contributed by atoms with van der Waals surface area (Å²) in [6.45, 7) is 6.24. The summed E-state index contributed by atoms with van der Waals surface area (Å²) in [6.07, 6.45) is 1.70. The first-order valence-electron chi connectivity index (χ1n) is 4.74. The first kappa shape index (κ1) is 10.3. The molecule has 0 saturated heterocycles. The Morgan fingerprint density at radius 1 is 1.23 bits per heavy atom. The number of ketones is 1. The highest BCUT2D eigenvalue weighted by Crippen LogP contribution is 2.37. The normalized spacial score (nSPS) is 22.1. The fourth-order valence-corrected chi connectivity index (χ4v) is 1.87. The second-order valence-corrected chi connectivity index (χ2v) is 4.91. The fraction of sp³-hybridized carbons (Fsp3) is 0.727. The average molecular weight is 181 g/mol. The van der Waals surface area contributed by atoms with Gasteiger partial charge in [0.15, 0.2) is 5.78 Å². The Hall–Kier alpha value is -0.790. The highest BCUT2D eigenvalue weighted by atomic mass is 16.1. The Bertz CT molecular complexity index is 261. The van der Waals surface area contributed by atoms with E-state index in [1.54, 1.807) is 0 Å². The van der Waals surface area contributed by atoms with E-state index < -0.39 is 0 Å². The topological polar surface area (TPSA) is 20.3 Å². The monoisotopic (exact) mass is 181 g/mol. The minimum atomic E-state index is 0.135. The van der Waals surface area contributed by atoms with Gasteiger partial charge in [0, 0.05) is 31.8 Å². The summed E-state index contributed by atoms with van der Waals surface area (Å²) in [6, 6.07) is 0. The maximum atomic E-state index is 11.6. The third-order valence-electron chi connectivity index (χ3n) is 2.68. The van der Waals surface area contributed by atoms with Gasteiger partial charge in [0.2, 0.25) is 0 Å². The van der Waals surface area contributed by atoms with E-state index >= 15 is 0 Å². The summed E-state index contributed by atoms with van der Waals surface area (Å²) in [5, 5.41) is 0. The molecule has 0 N–H and O–H groups in total. The zero-order valence-electron chi connectivity index (χ0n) is 9.27. The molecule has 0 spiro atoms. The molecule has 74 valence electrons. The van der Waals surface area contributed by atoms with E-state index in [9.17, 15) is 4.79 Å². The lowest BCUT2D eigenvalue weighted by Gasteiger charge is -2.34.